The van der Waals surface area contributed by atoms with Crippen LogP contribution in [-0.4, -0.2) is 82.8 Å². The summed E-state index contributed by atoms with van der Waals surface area (Å²) in [6.07, 6.45) is 7.34. The molecule has 0 atom stereocenters. The van der Waals surface area contributed by atoms with E-state index < -0.39 is 0 Å². The van der Waals surface area contributed by atoms with E-state index >= 15 is 0 Å². The van der Waals surface area contributed by atoms with Crippen LogP contribution in [0.2, 0.25) is 0 Å². The first kappa shape index (κ1) is 26.1. The van der Waals surface area contributed by atoms with Crippen molar-refractivity contribution in [3.8, 4) is 0 Å². The van der Waals surface area contributed by atoms with Crippen molar-refractivity contribution in [2.45, 2.75) is 19.4 Å². The molecule has 206 valence electrons. The summed E-state index contributed by atoms with van der Waals surface area (Å²) in [7, 11) is 1.75. The minimum Gasteiger partial charge on any atom is -0.383 e. The number of piperazine rings is 1. The lowest BCUT2D eigenvalue weighted by molar-refractivity contribution is 0.141. The number of ether oxygens (including phenoxy) is 1. The Hall–Kier alpha value is -4.15. The van der Waals surface area contributed by atoms with Gasteiger partial charge in [-0.2, -0.15) is 4.98 Å². The molecule has 1 saturated heterocycles. The second-order valence-corrected chi connectivity index (χ2v) is 10.3. The van der Waals surface area contributed by atoms with Crippen LogP contribution >= 0.6 is 0 Å². The molecular weight excluding hydrogens is 502 g/mol. The van der Waals surface area contributed by atoms with Crippen LogP contribution in [0.25, 0.3) is 0 Å². The zero-order chi connectivity index (χ0) is 27.1. The van der Waals surface area contributed by atoms with Gasteiger partial charge in [0.15, 0.2) is 0 Å². The molecule has 0 unspecified atom stereocenters. The lowest BCUT2D eigenvalue weighted by Crippen LogP contribution is -2.47. The van der Waals surface area contributed by atoms with E-state index in [1.54, 1.807) is 13.4 Å². The van der Waals surface area contributed by atoms with Crippen molar-refractivity contribution < 1.29 is 4.74 Å². The molecule has 2 aliphatic rings. The standard InChI is InChI=1S/C30H35N9O/c1-40-16-15-37-10-9-25-7-8-27(18-26(25)21-37)35-28-33-22-34-30(36-28)39-13-11-38(12-14-39)29-31-19-24(20-32-29)17-23-5-3-2-4-6-23/h2-8,18-20,22H,9-17,21H2,1H3,(H,33,34,35,36). The van der Waals surface area contributed by atoms with Crippen LogP contribution < -0.4 is 15.1 Å². The number of rotatable bonds is 9. The Morgan fingerprint density at radius 3 is 2.35 bits per heavy atom. The summed E-state index contributed by atoms with van der Waals surface area (Å²) >= 11 is 0. The molecule has 4 heterocycles. The monoisotopic (exact) mass is 537 g/mol. The minimum atomic E-state index is 0.553. The van der Waals surface area contributed by atoms with Crippen LogP contribution in [-0.2, 0) is 24.1 Å². The van der Waals surface area contributed by atoms with Gasteiger partial charge in [-0.05, 0) is 40.8 Å². The quantitative estimate of drug-likeness (QED) is 0.343. The first-order valence-corrected chi connectivity index (χ1v) is 13.9. The van der Waals surface area contributed by atoms with Gasteiger partial charge in [0.25, 0.3) is 0 Å². The highest BCUT2D eigenvalue weighted by Crippen LogP contribution is 2.24. The molecule has 0 bridgehead atoms. The van der Waals surface area contributed by atoms with Crippen LogP contribution in [0, 0.1) is 0 Å². The van der Waals surface area contributed by atoms with Gasteiger partial charge in [-0.1, -0.05) is 36.4 Å². The largest absolute Gasteiger partial charge is 0.383 e. The Labute approximate surface area is 235 Å². The predicted octanol–water partition coefficient (Wildman–Crippen LogP) is 3.33. The second-order valence-electron chi connectivity index (χ2n) is 10.3. The number of nitrogens with zero attached hydrogens (tertiary/aromatic N) is 8. The molecule has 0 radical (unpaired) electrons. The third-order valence-electron chi connectivity index (χ3n) is 7.51. The van der Waals surface area contributed by atoms with Gasteiger partial charge >= 0.3 is 0 Å². The van der Waals surface area contributed by atoms with E-state index in [9.17, 15) is 0 Å². The van der Waals surface area contributed by atoms with E-state index in [-0.39, 0.29) is 0 Å². The van der Waals surface area contributed by atoms with Gasteiger partial charge < -0.3 is 19.9 Å². The number of nitrogens with one attached hydrogen (secondary N) is 1. The molecule has 2 aromatic carbocycles. The lowest BCUT2D eigenvalue weighted by Gasteiger charge is -2.34. The second kappa shape index (κ2) is 12.4. The predicted molar refractivity (Wildman–Crippen MR) is 156 cm³/mol. The molecule has 2 aromatic heterocycles. The van der Waals surface area contributed by atoms with E-state index in [2.05, 4.69) is 82.4 Å². The lowest BCUT2D eigenvalue weighted by atomic mass is 9.99. The number of benzene rings is 2. The Balaban J connectivity index is 1.04. The maximum Gasteiger partial charge on any atom is 0.231 e. The average Bonchev–Trinajstić information content (AvgIpc) is 3.01. The number of hydrogen-bond donors (Lipinski definition) is 1. The summed E-state index contributed by atoms with van der Waals surface area (Å²) in [6.45, 7) is 6.88. The molecule has 0 aliphatic carbocycles. The SMILES string of the molecule is COCCN1CCc2ccc(Nc3ncnc(N4CCN(c5ncc(Cc6ccccc6)cn5)CC4)n3)cc2C1. The highest BCUT2D eigenvalue weighted by molar-refractivity contribution is 5.57. The molecule has 10 nitrogen and oxygen atoms in total. The van der Waals surface area contributed by atoms with Crippen LogP contribution in [0.3, 0.4) is 0 Å². The van der Waals surface area contributed by atoms with Crippen molar-refractivity contribution in [2.24, 2.45) is 0 Å². The first-order valence-electron chi connectivity index (χ1n) is 13.9. The number of aromatic nitrogens is 5. The van der Waals surface area contributed by atoms with E-state index in [1.165, 1.54) is 16.7 Å². The summed E-state index contributed by atoms with van der Waals surface area (Å²) in [5.74, 6) is 2.00. The van der Waals surface area contributed by atoms with Crippen molar-refractivity contribution >= 4 is 23.5 Å². The fourth-order valence-electron chi connectivity index (χ4n) is 5.27. The fraction of sp³-hybridized carbons (Fsp3) is 0.367. The van der Waals surface area contributed by atoms with Crippen molar-refractivity contribution in [1.82, 2.24) is 29.8 Å². The molecular formula is C30H35N9O. The normalized spacial score (nSPS) is 15.6. The maximum absolute atomic E-state index is 5.26. The molecule has 0 amide bonds. The van der Waals surface area contributed by atoms with Crippen molar-refractivity contribution in [3.05, 3.63) is 89.5 Å². The summed E-state index contributed by atoms with van der Waals surface area (Å²) in [6, 6.07) is 16.9. The van der Waals surface area contributed by atoms with E-state index in [0.29, 0.717) is 11.9 Å². The number of fused-ring (bicyclic) bond motifs is 1. The van der Waals surface area contributed by atoms with E-state index in [0.717, 1.165) is 82.5 Å². The van der Waals surface area contributed by atoms with Crippen LogP contribution in [0.15, 0.2) is 67.3 Å². The summed E-state index contributed by atoms with van der Waals surface area (Å²) in [5.41, 5.74) is 6.11. The smallest absolute Gasteiger partial charge is 0.231 e. The molecule has 1 fully saturated rings. The van der Waals surface area contributed by atoms with Gasteiger partial charge in [0, 0.05) is 77.4 Å². The van der Waals surface area contributed by atoms with Gasteiger partial charge in [-0.3, -0.25) is 4.90 Å². The molecule has 1 N–H and O–H groups in total. The van der Waals surface area contributed by atoms with Crippen molar-refractivity contribution in [3.63, 3.8) is 0 Å². The minimum absolute atomic E-state index is 0.553. The average molecular weight is 538 g/mol. The van der Waals surface area contributed by atoms with Gasteiger partial charge in [-0.25, -0.2) is 19.9 Å². The van der Waals surface area contributed by atoms with Gasteiger partial charge in [0.05, 0.1) is 6.61 Å². The molecule has 10 heteroatoms. The Morgan fingerprint density at radius 1 is 0.800 bits per heavy atom. The van der Waals surface area contributed by atoms with Gasteiger partial charge in [0.1, 0.15) is 6.33 Å². The Morgan fingerprint density at radius 2 is 1.57 bits per heavy atom. The van der Waals surface area contributed by atoms with Crippen LogP contribution in [0.4, 0.5) is 23.5 Å². The van der Waals surface area contributed by atoms with Gasteiger partial charge in [-0.15, -0.1) is 0 Å². The van der Waals surface area contributed by atoms with Crippen molar-refractivity contribution in [1.29, 1.82) is 0 Å². The Kier molecular flexibility index (Phi) is 8.06. The molecule has 6 rings (SSSR count). The third kappa shape index (κ3) is 6.35. The van der Waals surface area contributed by atoms with Crippen molar-refractivity contribution in [2.75, 3.05) is 68.1 Å². The molecule has 2 aliphatic heterocycles. The number of methoxy groups -OCH3 is 1. The zero-order valence-corrected chi connectivity index (χ0v) is 22.9. The van der Waals surface area contributed by atoms with E-state index in [4.69, 9.17) is 9.72 Å². The molecule has 0 spiro atoms. The molecule has 4 aromatic rings. The number of anilines is 4. The zero-order valence-electron chi connectivity index (χ0n) is 22.9. The first-order chi connectivity index (χ1) is 19.7. The Bertz CT molecular complexity index is 1390. The molecule has 0 saturated carbocycles. The topological polar surface area (TPSA) is 95.4 Å². The third-order valence-corrected chi connectivity index (χ3v) is 7.51. The number of hydrogen-bond acceptors (Lipinski definition) is 10. The summed E-state index contributed by atoms with van der Waals surface area (Å²) in [4.78, 5) is 29.7. The summed E-state index contributed by atoms with van der Waals surface area (Å²) < 4.78 is 5.26. The summed E-state index contributed by atoms with van der Waals surface area (Å²) in [5, 5.41) is 3.39. The highest BCUT2D eigenvalue weighted by atomic mass is 16.5. The van der Waals surface area contributed by atoms with Crippen LogP contribution in [0.5, 0.6) is 0 Å². The fourth-order valence-corrected chi connectivity index (χ4v) is 5.27. The maximum atomic E-state index is 5.26. The van der Waals surface area contributed by atoms with Crippen LogP contribution in [0.1, 0.15) is 22.3 Å². The molecule has 40 heavy (non-hydrogen) atoms. The van der Waals surface area contributed by atoms with E-state index in [1.807, 2.05) is 18.5 Å². The van der Waals surface area contributed by atoms with Gasteiger partial charge in [0.2, 0.25) is 17.8 Å². The highest BCUT2D eigenvalue weighted by Gasteiger charge is 2.22.